The zero-order chi connectivity index (χ0) is 15.3. The van der Waals surface area contributed by atoms with E-state index in [1.165, 1.54) is 0 Å². The average molecular weight is 291 g/mol. The topological polar surface area (TPSA) is 64.6 Å². The second-order valence-electron chi connectivity index (χ2n) is 4.26. The van der Waals surface area contributed by atoms with Crippen LogP contribution in [-0.2, 0) is 20.9 Å². The van der Waals surface area contributed by atoms with Crippen LogP contribution in [0.3, 0.4) is 0 Å². The van der Waals surface area contributed by atoms with Crippen molar-refractivity contribution in [2.24, 2.45) is 0 Å². The second kappa shape index (κ2) is 10.5. The van der Waals surface area contributed by atoms with Gasteiger partial charge < -0.3 is 14.8 Å². The molecule has 0 saturated carbocycles. The van der Waals surface area contributed by atoms with Crippen LogP contribution in [0.4, 0.5) is 4.79 Å². The normalized spacial score (nSPS) is 10.3. The maximum Gasteiger partial charge on any atom is 0.407 e. The van der Waals surface area contributed by atoms with Crippen molar-refractivity contribution < 1.29 is 19.1 Å². The van der Waals surface area contributed by atoms with E-state index in [1.54, 1.807) is 13.0 Å². The molecule has 0 saturated heterocycles. The van der Waals surface area contributed by atoms with Gasteiger partial charge in [0.05, 0.1) is 6.61 Å². The van der Waals surface area contributed by atoms with Crippen molar-refractivity contribution in [3.05, 3.63) is 48.0 Å². The summed E-state index contributed by atoms with van der Waals surface area (Å²) in [4.78, 5) is 22.5. The Morgan fingerprint density at radius 1 is 1.14 bits per heavy atom. The molecule has 0 radical (unpaired) electrons. The number of hydrogen-bond acceptors (Lipinski definition) is 4. The Morgan fingerprint density at radius 3 is 2.62 bits per heavy atom. The van der Waals surface area contributed by atoms with E-state index in [9.17, 15) is 9.59 Å². The fraction of sp³-hybridized carbons (Fsp3) is 0.375. The van der Waals surface area contributed by atoms with Gasteiger partial charge in [0.1, 0.15) is 6.61 Å². The van der Waals surface area contributed by atoms with Crippen LogP contribution in [-0.4, -0.2) is 25.2 Å². The van der Waals surface area contributed by atoms with E-state index < -0.39 is 6.09 Å². The Morgan fingerprint density at radius 2 is 1.90 bits per heavy atom. The number of amides is 1. The lowest BCUT2D eigenvalue weighted by molar-refractivity contribution is -0.143. The lowest BCUT2D eigenvalue weighted by Gasteiger charge is -2.05. The van der Waals surface area contributed by atoms with E-state index in [0.29, 0.717) is 26.0 Å². The van der Waals surface area contributed by atoms with Gasteiger partial charge in [0, 0.05) is 13.0 Å². The molecule has 114 valence electrons. The number of carbonyl (C=O) groups is 2. The summed E-state index contributed by atoms with van der Waals surface area (Å²) in [6.07, 6.45) is 4.09. The summed E-state index contributed by atoms with van der Waals surface area (Å²) in [5.41, 5.74) is 0.942. The number of benzene rings is 1. The molecule has 0 heterocycles. The van der Waals surface area contributed by atoms with Crippen LogP contribution in [0.2, 0.25) is 0 Å². The van der Waals surface area contributed by atoms with E-state index in [1.807, 2.05) is 36.4 Å². The lowest BCUT2D eigenvalue weighted by atomic mass is 10.2. The van der Waals surface area contributed by atoms with Crippen molar-refractivity contribution in [1.29, 1.82) is 0 Å². The molecule has 0 aromatic heterocycles. The Bertz CT molecular complexity index is 457. The molecule has 1 N–H and O–H groups in total. The van der Waals surface area contributed by atoms with E-state index in [-0.39, 0.29) is 12.6 Å². The number of nitrogens with one attached hydrogen (secondary N) is 1. The van der Waals surface area contributed by atoms with Crippen LogP contribution < -0.4 is 5.32 Å². The van der Waals surface area contributed by atoms with Crippen molar-refractivity contribution in [3.8, 4) is 0 Å². The van der Waals surface area contributed by atoms with Gasteiger partial charge >= 0.3 is 12.1 Å². The van der Waals surface area contributed by atoms with E-state index in [2.05, 4.69) is 5.32 Å². The summed E-state index contributed by atoms with van der Waals surface area (Å²) in [5.74, 6) is -0.211. The van der Waals surface area contributed by atoms with Crippen molar-refractivity contribution in [2.75, 3.05) is 13.2 Å². The minimum atomic E-state index is -0.464. The molecule has 5 heteroatoms. The molecule has 0 spiro atoms. The number of hydrogen-bond donors (Lipinski definition) is 1. The monoisotopic (exact) mass is 291 g/mol. The van der Waals surface area contributed by atoms with Gasteiger partial charge in [-0.3, -0.25) is 4.79 Å². The number of rotatable bonds is 8. The smallest absolute Gasteiger partial charge is 0.407 e. The van der Waals surface area contributed by atoms with Gasteiger partial charge in [-0.25, -0.2) is 4.79 Å². The third kappa shape index (κ3) is 8.47. The van der Waals surface area contributed by atoms with E-state index >= 15 is 0 Å². The Labute approximate surface area is 124 Å². The minimum Gasteiger partial charge on any atom is -0.466 e. The molecule has 0 aliphatic heterocycles. The van der Waals surface area contributed by atoms with Crippen LogP contribution in [0.15, 0.2) is 42.5 Å². The van der Waals surface area contributed by atoms with E-state index in [0.717, 1.165) is 5.56 Å². The van der Waals surface area contributed by atoms with Gasteiger partial charge in [-0.2, -0.15) is 0 Å². The Hall–Kier alpha value is -2.30. The summed E-state index contributed by atoms with van der Waals surface area (Å²) < 4.78 is 9.84. The molecular formula is C16H21NO4. The third-order valence-corrected chi connectivity index (χ3v) is 2.56. The van der Waals surface area contributed by atoms with Gasteiger partial charge in [0.25, 0.3) is 0 Å². The summed E-state index contributed by atoms with van der Waals surface area (Å²) in [5, 5.41) is 2.60. The molecule has 1 rings (SSSR count). The minimum absolute atomic E-state index is 0.211. The van der Waals surface area contributed by atoms with Gasteiger partial charge in [-0.15, -0.1) is 0 Å². The maximum absolute atomic E-state index is 11.4. The van der Waals surface area contributed by atoms with Crippen molar-refractivity contribution in [2.45, 2.75) is 26.4 Å². The quantitative estimate of drug-likeness (QED) is 0.591. The molecule has 0 aliphatic rings. The van der Waals surface area contributed by atoms with Crippen LogP contribution in [0.1, 0.15) is 25.3 Å². The van der Waals surface area contributed by atoms with Gasteiger partial charge in [-0.1, -0.05) is 42.5 Å². The van der Waals surface area contributed by atoms with Gasteiger partial charge in [0.15, 0.2) is 0 Å². The third-order valence-electron chi connectivity index (χ3n) is 2.56. The molecule has 5 nitrogen and oxygen atoms in total. The molecule has 0 atom stereocenters. The zero-order valence-corrected chi connectivity index (χ0v) is 12.2. The number of alkyl carbamates (subject to hydrolysis) is 1. The Balaban J connectivity index is 2.06. The highest BCUT2D eigenvalue weighted by molar-refractivity contribution is 5.69. The molecule has 1 aromatic carbocycles. The SMILES string of the molecule is CCOC(=O)CC/C=C/CNC(=O)OCc1ccccc1. The standard InChI is InChI=1S/C16H21NO4/c1-2-20-15(18)11-7-4-8-12-17-16(19)21-13-14-9-5-3-6-10-14/h3-6,8-10H,2,7,11-13H2,1H3,(H,17,19)/b8-4+. The lowest BCUT2D eigenvalue weighted by Crippen LogP contribution is -2.24. The van der Waals surface area contributed by atoms with Crippen LogP contribution in [0.5, 0.6) is 0 Å². The molecule has 21 heavy (non-hydrogen) atoms. The first-order chi connectivity index (χ1) is 10.2. The summed E-state index contributed by atoms with van der Waals surface area (Å²) in [6.45, 7) is 2.80. The largest absolute Gasteiger partial charge is 0.466 e. The average Bonchev–Trinajstić information content (AvgIpc) is 2.50. The predicted molar refractivity (Wildman–Crippen MR) is 79.6 cm³/mol. The van der Waals surface area contributed by atoms with Crippen LogP contribution in [0, 0.1) is 0 Å². The summed E-state index contributed by atoms with van der Waals surface area (Å²) in [7, 11) is 0. The molecule has 1 aromatic rings. The highest BCUT2D eigenvalue weighted by atomic mass is 16.5. The summed E-state index contributed by atoms with van der Waals surface area (Å²) in [6, 6.07) is 9.47. The highest BCUT2D eigenvalue weighted by Gasteiger charge is 2.00. The molecular weight excluding hydrogens is 270 g/mol. The molecule has 1 amide bonds. The van der Waals surface area contributed by atoms with Gasteiger partial charge in [-0.05, 0) is 18.9 Å². The molecule has 0 fully saturated rings. The van der Waals surface area contributed by atoms with Crippen molar-refractivity contribution in [3.63, 3.8) is 0 Å². The summed E-state index contributed by atoms with van der Waals surface area (Å²) >= 11 is 0. The first kappa shape index (κ1) is 16.8. The number of ether oxygens (including phenoxy) is 2. The van der Waals surface area contributed by atoms with Crippen molar-refractivity contribution >= 4 is 12.1 Å². The van der Waals surface area contributed by atoms with E-state index in [4.69, 9.17) is 9.47 Å². The van der Waals surface area contributed by atoms with Gasteiger partial charge in [0.2, 0.25) is 0 Å². The first-order valence-electron chi connectivity index (χ1n) is 6.97. The molecule has 0 unspecified atom stereocenters. The fourth-order valence-electron chi connectivity index (χ4n) is 1.55. The predicted octanol–water partition coefficient (Wildman–Crippen LogP) is 2.81. The number of esters is 1. The molecule has 0 aliphatic carbocycles. The maximum atomic E-state index is 11.4. The second-order valence-corrected chi connectivity index (χ2v) is 4.26. The van der Waals surface area contributed by atoms with Crippen molar-refractivity contribution in [1.82, 2.24) is 5.32 Å². The zero-order valence-electron chi connectivity index (χ0n) is 12.2. The van der Waals surface area contributed by atoms with Crippen LogP contribution in [0.25, 0.3) is 0 Å². The van der Waals surface area contributed by atoms with Crippen LogP contribution >= 0.6 is 0 Å². The number of allylic oxidation sites excluding steroid dienone is 1. The Kier molecular flexibility index (Phi) is 8.36. The fourth-order valence-corrected chi connectivity index (χ4v) is 1.55. The molecule has 0 bridgehead atoms. The first-order valence-corrected chi connectivity index (χ1v) is 6.97. The highest BCUT2D eigenvalue weighted by Crippen LogP contribution is 2.00. The number of carbonyl (C=O) groups excluding carboxylic acids is 2.